The SMILES string of the molecule is COc1ccc(C(C)O)c(OCc2c(C)nn(C)c2Cl)c1. The van der Waals surface area contributed by atoms with E-state index in [0.717, 1.165) is 11.3 Å². The first-order chi connectivity index (χ1) is 9.93. The topological polar surface area (TPSA) is 56.5 Å². The molecule has 0 aliphatic heterocycles. The van der Waals surface area contributed by atoms with Crippen molar-refractivity contribution < 1.29 is 14.6 Å². The highest BCUT2D eigenvalue weighted by atomic mass is 35.5. The summed E-state index contributed by atoms with van der Waals surface area (Å²) in [6.07, 6.45) is -0.628. The lowest BCUT2D eigenvalue weighted by atomic mass is 10.1. The van der Waals surface area contributed by atoms with Gasteiger partial charge >= 0.3 is 0 Å². The number of ether oxygens (including phenoxy) is 2. The van der Waals surface area contributed by atoms with Gasteiger partial charge in [-0.25, -0.2) is 0 Å². The molecule has 0 bridgehead atoms. The quantitative estimate of drug-likeness (QED) is 0.922. The molecule has 114 valence electrons. The van der Waals surface area contributed by atoms with Crippen molar-refractivity contribution in [2.24, 2.45) is 7.05 Å². The molecule has 5 nitrogen and oxygen atoms in total. The highest BCUT2D eigenvalue weighted by Crippen LogP contribution is 2.31. The lowest BCUT2D eigenvalue weighted by Crippen LogP contribution is -2.02. The van der Waals surface area contributed by atoms with E-state index in [4.69, 9.17) is 21.1 Å². The normalized spacial score (nSPS) is 12.3. The van der Waals surface area contributed by atoms with E-state index in [1.807, 2.05) is 6.92 Å². The van der Waals surface area contributed by atoms with Gasteiger partial charge in [-0.15, -0.1) is 0 Å². The fraction of sp³-hybridized carbons (Fsp3) is 0.400. The zero-order valence-electron chi connectivity index (χ0n) is 12.6. The van der Waals surface area contributed by atoms with Crippen LogP contribution in [0.15, 0.2) is 18.2 Å². The summed E-state index contributed by atoms with van der Waals surface area (Å²) in [5, 5.41) is 14.6. The molecule has 1 N–H and O–H groups in total. The molecule has 0 aliphatic rings. The van der Waals surface area contributed by atoms with Gasteiger partial charge in [0.05, 0.1) is 18.9 Å². The number of aliphatic hydroxyl groups excluding tert-OH is 1. The Morgan fingerprint density at radius 3 is 2.67 bits per heavy atom. The van der Waals surface area contributed by atoms with Crippen LogP contribution in [0, 0.1) is 6.92 Å². The largest absolute Gasteiger partial charge is 0.497 e. The van der Waals surface area contributed by atoms with Gasteiger partial charge in [0, 0.05) is 24.2 Å². The van der Waals surface area contributed by atoms with E-state index < -0.39 is 6.10 Å². The zero-order valence-corrected chi connectivity index (χ0v) is 13.3. The Kier molecular flexibility index (Phi) is 4.75. The summed E-state index contributed by atoms with van der Waals surface area (Å²) >= 11 is 6.19. The molecule has 0 radical (unpaired) electrons. The molecule has 1 heterocycles. The van der Waals surface area contributed by atoms with E-state index in [2.05, 4.69) is 5.10 Å². The van der Waals surface area contributed by atoms with E-state index in [1.165, 1.54) is 0 Å². The number of halogens is 1. The number of aliphatic hydroxyl groups is 1. The molecule has 0 saturated carbocycles. The summed E-state index contributed by atoms with van der Waals surface area (Å²) in [7, 11) is 3.37. The highest BCUT2D eigenvalue weighted by Gasteiger charge is 2.15. The number of aryl methyl sites for hydroxylation is 2. The maximum absolute atomic E-state index is 9.82. The Bertz CT molecular complexity index is 638. The summed E-state index contributed by atoms with van der Waals surface area (Å²) in [4.78, 5) is 0. The molecule has 2 rings (SSSR count). The molecule has 0 aliphatic carbocycles. The smallest absolute Gasteiger partial charge is 0.133 e. The molecule has 1 atom stereocenters. The maximum atomic E-state index is 9.82. The number of hydrogen-bond acceptors (Lipinski definition) is 4. The van der Waals surface area contributed by atoms with Crippen LogP contribution in [-0.4, -0.2) is 22.0 Å². The van der Waals surface area contributed by atoms with E-state index in [-0.39, 0.29) is 6.61 Å². The first kappa shape index (κ1) is 15.7. The molecule has 1 unspecified atom stereocenters. The summed E-state index contributed by atoms with van der Waals surface area (Å²) in [5.41, 5.74) is 2.36. The lowest BCUT2D eigenvalue weighted by Gasteiger charge is -2.14. The molecule has 6 heteroatoms. The second kappa shape index (κ2) is 6.37. The summed E-state index contributed by atoms with van der Waals surface area (Å²) in [5.74, 6) is 1.24. The molecule has 1 aromatic heterocycles. The first-order valence-electron chi connectivity index (χ1n) is 6.60. The van der Waals surface area contributed by atoms with Gasteiger partial charge < -0.3 is 14.6 Å². The average molecular weight is 311 g/mol. The number of benzene rings is 1. The summed E-state index contributed by atoms with van der Waals surface area (Å²) in [6, 6.07) is 5.33. The number of hydrogen-bond donors (Lipinski definition) is 1. The van der Waals surface area contributed by atoms with E-state index >= 15 is 0 Å². The second-order valence-corrected chi connectivity index (χ2v) is 5.20. The van der Waals surface area contributed by atoms with Crippen molar-refractivity contribution >= 4 is 11.6 Å². The maximum Gasteiger partial charge on any atom is 0.133 e. The van der Waals surface area contributed by atoms with Gasteiger partial charge in [-0.1, -0.05) is 11.6 Å². The van der Waals surface area contributed by atoms with Gasteiger partial charge in [-0.2, -0.15) is 5.10 Å². The first-order valence-corrected chi connectivity index (χ1v) is 6.98. The van der Waals surface area contributed by atoms with Crippen molar-refractivity contribution in [3.8, 4) is 11.5 Å². The molecule has 2 aromatic rings. The van der Waals surface area contributed by atoms with Crippen molar-refractivity contribution in [1.82, 2.24) is 9.78 Å². The van der Waals surface area contributed by atoms with E-state index in [9.17, 15) is 5.11 Å². The number of rotatable bonds is 5. The monoisotopic (exact) mass is 310 g/mol. The van der Waals surface area contributed by atoms with Crippen LogP contribution in [0.4, 0.5) is 0 Å². The second-order valence-electron chi connectivity index (χ2n) is 4.85. The van der Waals surface area contributed by atoms with Gasteiger partial charge in [0.25, 0.3) is 0 Å². The molecular formula is C15H19ClN2O3. The Morgan fingerprint density at radius 2 is 2.14 bits per heavy atom. The van der Waals surface area contributed by atoms with Crippen molar-refractivity contribution in [2.45, 2.75) is 26.6 Å². The minimum absolute atomic E-state index is 0.283. The Morgan fingerprint density at radius 1 is 1.43 bits per heavy atom. The van der Waals surface area contributed by atoms with Crippen LogP contribution >= 0.6 is 11.6 Å². The number of aromatic nitrogens is 2. The van der Waals surface area contributed by atoms with Crippen molar-refractivity contribution in [1.29, 1.82) is 0 Å². The van der Waals surface area contributed by atoms with Gasteiger partial charge in [-0.3, -0.25) is 4.68 Å². The molecule has 1 aromatic carbocycles. The lowest BCUT2D eigenvalue weighted by molar-refractivity contribution is 0.190. The Hall–Kier alpha value is -1.72. The minimum Gasteiger partial charge on any atom is -0.497 e. The van der Waals surface area contributed by atoms with Crippen LogP contribution in [-0.2, 0) is 13.7 Å². The Balaban J connectivity index is 2.26. The van der Waals surface area contributed by atoms with Crippen LogP contribution in [0.5, 0.6) is 11.5 Å². The molecule has 0 fully saturated rings. The van der Waals surface area contributed by atoms with Crippen molar-refractivity contribution in [3.05, 3.63) is 40.2 Å². The van der Waals surface area contributed by atoms with Crippen LogP contribution in [0.1, 0.15) is 29.8 Å². The Labute approximate surface area is 129 Å². The average Bonchev–Trinajstić information content (AvgIpc) is 2.69. The van der Waals surface area contributed by atoms with Gasteiger partial charge in [0.15, 0.2) is 0 Å². The third kappa shape index (κ3) is 3.31. The summed E-state index contributed by atoms with van der Waals surface area (Å²) in [6.45, 7) is 3.86. The van der Waals surface area contributed by atoms with E-state index in [1.54, 1.807) is 44.0 Å². The van der Waals surface area contributed by atoms with E-state index in [0.29, 0.717) is 22.2 Å². The fourth-order valence-corrected chi connectivity index (χ4v) is 2.33. The molecular weight excluding hydrogens is 292 g/mol. The van der Waals surface area contributed by atoms with Crippen molar-refractivity contribution in [2.75, 3.05) is 7.11 Å². The van der Waals surface area contributed by atoms with Gasteiger partial charge in [0.2, 0.25) is 0 Å². The van der Waals surface area contributed by atoms with Gasteiger partial charge in [-0.05, 0) is 26.0 Å². The van der Waals surface area contributed by atoms with Gasteiger partial charge in [0.1, 0.15) is 23.3 Å². The minimum atomic E-state index is -0.628. The zero-order chi connectivity index (χ0) is 15.6. The van der Waals surface area contributed by atoms with Crippen LogP contribution in [0.2, 0.25) is 5.15 Å². The number of nitrogens with zero attached hydrogens (tertiary/aromatic N) is 2. The number of methoxy groups -OCH3 is 1. The predicted octanol–water partition coefficient (Wildman–Crippen LogP) is 3.02. The molecule has 0 saturated heterocycles. The van der Waals surface area contributed by atoms with Crippen LogP contribution < -0.4 is 9.47 Å². The summed E-state index contributed by atoms with van der Waals surface area (Å²) < 4.78 is 12.6. The standard InChI is InChI=1S/C15H19ClN2O3/c1-9-13(15(16)18(3)17-9)8-21-14-7-11(20-4)5-6-12(14)10(2)19/h5-7,10,19H,8H2,1-4H3. The third-order valence-corrected chi connectivity index (χ3v) is 3.79. The third-order valence-electron chi connectivity index (χ3n) is 3.31. The predicted molar refractivity (Wildman–Crippen MR) is 80.9 cm³/mol. The van der Waals surface area contributed by atoms with Crippen molar-refractivity contribution in [3.63, 3.8) is 0 Å². The van der Waals surface area contributed by atoms with Crippen LogP contribution in [0.3, 0.4) is 0 Å². The fourth-order valence-electron chi connectivity index (χ4n) is 2.10. The molecule has 0 spiro atoms. The highest BCUT2D eigenvalue weighted by molar-refractivity contribution is 6.30. The molecule has 21 heavy (non-hydrogen) atoms. The van der Waals surface area contributed by atoms with Crippen LogP contribution in [0.25, 0.3) is 0 Å². The molecule has 0 amide bonds.